The maximum Gasteiger partial charge on any atom is 0.159 e. The van der Waals surface area contributed by atoms with E-state index in [1.807, 2.05) is 0 Å². The molecule has 0 saturated heterocycles. The Morgan fingerprint density at radius 2 is 0.881 bits per heavy atom. The molecule has 1 aliphatic carbocycles. The second kappa shape index (κ2) is 15.8. The largest absolute Gasteiger partial charge is 0.453 e. The van der Waals surface area contributed by atoms with E-state index in [2.05, 4.69) is 266 Å². The smallest absolute Gasteiger partial charge is 0.159 e. The predicted molar refractivity (Wildman–Crippen MR) is 280 cm³/mol. The Balaban J connectivity index is 1.12. The van der Waals surface area contributed by atoms with Crippen molar-refractivity contribution >= 4 is 49.8 Å². The van der Waals surface area contributed by atoms with Gasteiger partial charge in [0.15, 0.2) is 5.58 Å². The third-order valence-corrected chi connectivity index (χ3v) is 13.9. The highest BCUT2D eigenvalue weighted by molar-refractivity contribution is 6.15. The minimum atomic E-state index is -0.568. The molecule has 0 amide bonds. The number of hydrogen-bond donors (Lipinski definition) is 0. The van der Waals surface area contributed by atoms with Crippen molar-refractivity contribution < 1.29 is 4.42 Å². The van der Waals surface area contributed by atoms with E-state index in [0.717, 1.165) is 66.8 Å². The van der Waals surface area contributed by atoms with E-state index in [0.29, 0.717) is 0 Å². The molecule has 0 fully saturated rings. The molecule has 314 valence electrons. The average molecular weight is 854 g/mol. The lowest BCUT2D eigenvalue weighted by Crippen LogP contribution is -2.28. The Bertz CT molecular complexity index is 3740. The van der Waals surface area contributed by atoms with Gasteiger partial charge < -0.3 is 9.32 Å². The summed E-state index contributed by atoms with van der Waals surface area (Å²) in [7, 11) is 0. The number of hydrogen-bond acceptors (Lipinski definition) is 2. The second-order valence-electron chi connectivity index (χ2n) is 17.6. The summed E-state index contributed by atoms with van der Waals surface area (Å²) in [5.74, 6) is 0. The van der Waals surface area contributed by atoms with Crippen LogP contribution in [-0.4, -0.2) is 0 Å². The summed E-state index contributed by atoms with van der Waals surface area (Å²) < 4.78 is 7.34. The summed E-state index contributed by atoms with van der Waals surface area (Å²) in [6.07, 6.45) is 0. The van der Waals surface area contributed by atoms with E-state index >= 15 is 0 Å². The maximum atomic E-state index is 7.34. The standard InChI is InChI=1S/C65H43NO/c1-5-19-44(20-6-1)50-42-57-55-31-17-30-54(47-22-7-2-8-23-47)63(55)67-64(57)61(43-50)66(53-39-37-46(38-40-53)49-36-35-45-21-13-14-24-48(45)41-49)60-34-18-33-59-62(60)56-29-15-16-32-58(56)65(59,51-25-9-3-10-26-51)52-27-11-4-12-28-52/h1-43H. The van der Waals surface area contributed by atoms with Gasteiger partial charge in [-0.1, -0.05) is 224 Å². The summed E-state index contributed by atoms with van der Waals surface area (Å²) in [6.45, 7) is 0. The molecule has 0 N–H and O–H groups in total. The van der Waals surface area contributed by atoms with Gasteiger partial charge in [-0.25, -0.2) is 0 Å². The molecule has 2 nitrogen and oxygen atoms in total. The van der Waals surface area contributed by atoms with Crippen molar-refractivity contribution in [3.63, 3.8) is 0 Å². The lowest BCUT2D eigenvalue weighted by Gasteiger charge is -2.34. The highest BCUT2D eigenvalue weighted by atomic mass is 16.3. The second-order valence-corrected chi connectivity index (χ2v) is 17.6. The Hall–Kier alpha value is -8.72. The van der Waals surface area contributed by atoms with Crippen LogP contribution < -0.4 is 4.90 Å². The van der Waals surface area contributed by atoms with Crippen LogP contribution in [-0.2, 0) is 5.41 Å². The minimum Gasteiger partial charge on any atom is -0.453 e. The average Bonchev–Trinajstić information content (AvgIpc) is 3.94. The lowest BCUT2D eigenvalue weighted by molar-refractivity contribution is 0.670. The number of fused-ring (bicyclic) bond motifs is 7. The fourth-order valence-electron chi connectivity index (χ4n) is 10.9. The molecule has 1 aliphatic rings. The van der Waals surface area contributed by atoms with Crippen molar-refractivity contribution in [2.45, 2.75) is 5.41 Å². The van der Waals surface area contributed by atoms with Gasteiger partial charge in [-0.3, -0.25) is 0 Å². The lowest BCUT2D eigenvalue weighted by atomic mass is 9.68. The maximum absolute atomic E-state index is 7.34. The molecule has 1 aromatic heterocycles. The normalized spacial score (nSPS) is 12.6. The molecule has 11 aromatic carbocycles. The molecule has 2 heteroatoms. The highest BCUT2D eigenvalue weighted by Crippen LogP contribution is 2.60. The van der Waals surface area contributed by atoms with E-state index in [-0.39, 0.29) is 0 Å². The molecule has 0 spiro atoms. The van der Waals surface area contributed by atoms with Crippen LogP contribution in [0.15, 0.2) is 265 Å². The van der Waals surface area contributed by atoms with Crippen LogP contribution >= 0.6 is 0 Å². The molecule has 0 aliphatic heterocycles. The first-order valence-electron chi connectivity index (χ1n) is 23.1. The number of rotatable bonds is 8. The fraction of sp³-hybridized carbons (Fsp3) is 0.0154. The summed E-state index contributed by atoms with van der Waals surface area (Å²) in [5.41, 5.74) is 18.4. The van der Waals surface area contributed by atoms with E-state index < -0.39 is 5.41 Å². The van der Waals surface area contributed by atoms with Crippen molar-refractivity contribution in [1.29, 1.82) is 0 Å². The number of para-hydroxylation sites is 1. The van der Waals surface area contributed by atoms with Crippen LogP contribution in [0.1, 0.15) is 22.3 Å². The minimum absolute atomic E-state index is 0.568. The highest BCUT2D eigenvalue weighted by Gasteiger charge is 2.47. The molecular weight excluding hydrogens is 811 g/mol. The molecule has 0 bridgehead atoms. The number of benzene rings is 11. The first-order valence-corrected chi connectivity index (χ1v) is 23.1. The zero-order chi connectivity index (χ0) is 44.3. The van der Waals surface area contributed by atoms with Gasteiger partial charge in [-0.2, -0.15) is 0 Å². The Labute approximate surface area is 390 Å². The molecule has 13 rings (SSSR count). The molecule has 1 heterocycles. The molecule has 12 aromatic rings. The summed E-state index contributed by atoms with van der Waals surface area (Å²) in [5, 5.41) is 4.61. The van der Waals surface area contributed by atoms with Crippen LogP contribution in [0.5, 0.6) is 0 Å². The van der Waals surface area contributed by atoms with E-state index in [1.54, 1.807) is 0 Å². The summed E-state index contributed by atoms with van der Waals surface area (Å²) in [4.78, 5) is 2.46. The van der Waals surface area contributed by atoms with Crippen molar-refractivity contribution in [2.24, 2.45) is 0 Å². The SMILES string of the molecule is c1ccc(-c2cc(N(c3ccc(-c4ccc5ccccc5c4)cc3)c3cccc4c3-c3ccccc3C4(c3ccccc3)c3ccccc3)c3oc4c(-c5ccccc5)cccc4c3c2)cc1. The quantitative estimate of drug-likeness (QED) is 0.151. The van der Waals surface area contributed by atoms with Gasteiger partial charge in [-0.05, 0) is 103 Å². The molecule has 0 atom stereocenters. The van der Waals surface area contributed by atoms with E-state index in [9.17, 15) is 0 Å². The first kappa shape index (κ1) is 38.7. The third kappa shape index (κ3) is 6.18. The van der Waals surface area contributed by atoms with Crippen molar-refractivity contribution in [3.05, 3.63) is 283 Å². The van der Waals surface area contributed by atoms with Crippen LogP contribution in [0.4, 0.5) is 17.1 Å². The molecule has 0 saturated carbocycles. The molecule has 0 radical (unpaired) electrons. The van der Waals surface area contributed by atoms with Crippen LogP contribution in [0.2, 0.25) is 0 Å². The Kier molecular flexibility index (Phi) is 9.11. The van der Waals surface area contributed by atoms with E-state index in [4.69, 9.17) is 4.42 Å². The summed E-state index contributed by atoms with van der Waals surface area (Å²) >= 11 is 0. The van der Waals surface area contributed by atoms with Gasteiger partial charge in [-0.15, -0.1) is 0 Å². The fourth-order valence-corrected chi connectivity index (χ4v) is 10.9. The zero-order valence-corrected chi connectivity index (χ0v) is 36.7. The van der Waals surface area contributed by atoms with Gasteiger partial charge in [0.2, 0.25) is 0 Å². The molecule has 67 heavy (non-hydrogen) atoms. The van der Waals surface area contributed by atoms with Crippen LogP contribution in [0, 0.1) is 0 Å². The van der Waals surface area contributed by atoms with Gasteiger partial charge >= 0.3 is 0 Å². The van der Waals surface area contributed by atoms with Crippen LogP contribution in [0.3, 0.4) is 0 Å². The predicted octanol–water partition coefficient (Wildman–Crippen LogP) is 17.6. The third-order valence-electron chi connectivity index (χ3n) is 13.9. The van der Waals surface area contributed by atoms with Gasteiger partial charge in [0.1, 0.15) is 5.58 Å². The van der Waals surface area contributed by atoms with Gasteiger partial charge in [0.25, 0.3) is 0 Å². The number of furan rings is 1. The van der Waals surface area contributed by atoms with Gasteiger partial charge in [0, 0.05) is 27.6 Å². The monoisotopic (exact) mass is 853 g/mol. The van der Waals surface area contributed by atoms with Crippen LogP contribution in [0.25, 0.3) is 77.2 Å². The topological polar surface area (TPSA) is 16.4 Å². The molecule has 0 unspecified atom stereocenters. The van der Waals surface area contributed by atoms with E-state index in [1.165, 1.54) is 49.7 Å². The Morgan fingerprint density at radius 1 is 0.313 bits per heavy atom. The van der Waals surface area contributed by atoms with Crippen molar-refractivity contribution in [2.75, 3.05) is 4.90 Å². The summed E-state index contributed by atoms with van der Waals surface area (Å²) in [6, 6.07) is 95.0. The van der Waals surface area contributed by atoms with Crippen molar-refractivity contribution in [1.82, 2.24) is 0 Å². The van der Waals surface area contributed by atoms with Gasteiger partial charge in [0.05, 0.1) is 16.8 Å². The number of nitrogens with zero attached hydrogens (tertiary/aromatic N) is 1. The molecular formula is C65H43NO. The first-order chi connectivity index (χ1) is 33.2. The van der Waals surface area contributed by atoms with Crippen molar-refractivity contribution in [3.8, 4) is 44.5 Å². The number of anilines is 3. The zero-order valence-electron chi connectivity index (χ0n) is 36.7. The Morgan fingerprint density at radius 3 is 1.61 bits per heavy atom.